The molecule has 0 radical (unpaired) electrons. The van der Waals surface area contributed by atoms with E-state index in [1.807, 2.05) is 0 Å². The number of carbonyl (C=O) groups is 1. The first-order chi connectivity index (χ1) is 9.54. The third-order valence-electron chi connectivity index (χ3n) is 2.86. The number of halogens is 2. The Hall–Kier alpha value is -2.04. The van der Waals surface area contributed by atoms with Gasteiger partial charge in [0.05, 0.1) is 10.5 Å². The van der Waals surface area contributed by atoms with Crippen LogP contribution in [0.1, 0.15) is 15.9 Å². The minimum Gasteiger partial charge on any atom is -0.408 e. The SMILES string of the molecule is O=C(c1ccc2[nH]c(=O)oc2c1)c1ccc(Cl)cc1Cl. The quantitative estimate of drug-likeness (QED) is 0.735. The number of ketones is 1. The number of rotatable bonds is 2. The number of aromatic nitrogens is 1. The van der Waals surface area contributed by atoms with E-state index in [-0.39, 0.29) is 10.8 Å². The van der Waals surface area contributed by atoms with Crippen molar-refractivity contribution in [2.45, 2.75) is 0 Å². The summed E-state index contributed by atoms with van der Waals surface area (Å²) >= 11 is 11.8. The lowest BCUT2D eigenvalue weighted by molar-refractivity contribution is 0.103. The van der Waals surface area contributed by atoms with Gasteiger partial charge in [-0.2, -0.15) is 0 Å². The fourth-order valence-electron chi connectivity index (χ4n) is 1.92. The number of H-pyrrole nitrogens is 1. The van der Waals surface area contributed by atoms with Gasteiger partial charge < -0.3 is 4.42 Å². The Morgan fingerprint density at radius 1 is 1.10 bits per heavy atom. The molecular weight excluding hydrogens is 301 g/mol. The topological polar surface area (TPSA) is 63.1 Å². The third-order valence-corrected chi connectivity index (χ3v) is 3.41. The van der Waals surface area contributed by atoms with E-state index in [2.05, 4.69) is 4.98 Å². The summed E-state index contributed by atoms with van der Waals surface area (Å²) in [5.74, 6) is -0.827. The molecule has 3 aromatic rings. The first kappa shape index (κ1) is 13.0. The molecule has 100 valence electrons. The van der Waals surface area contributed by atoms with Crippen LogP contribution in [0.3, 0.4) is 0 Å². The molecule has 0 amide bonds. The van der Waals surface area contributed by atoms with Gasteiger partial charge in [0.15, 0.2) is 11.4 Å². The highest BCUT2D eigenvalue weighted by Gasteiger charge is 2.14. The minimum atomic E-state index is -0.561. The summed E-state index contributed by atoms with van der Waals surface area (Å²) < 4.78 is 4.93. The van der Waals surface area contributed by atoms with E-state index >= 15 is 0 Å². The molecule has 0 saturated carbocycles. The van der Waals surface area contributed by atoms with E-state index in [4.69, 9.17) is 27.6 Å². The maximum absolute atomic E-state index is 12.4. The van der Waals surface area contributed by atoms with E-state index in [0.717, 1.165) is 0 Å². The van der Waals surface area contributed by atoms with Crippen LogP contribution in [0, 0.1) is 0 Å². The van der Waals surface area contributed by atoms with Crippen LogP contribution in [0.2, 0.25) is 10.0 Å². The third kappa shape index (κ3) is 2.24. The molecule has 4 nitrogen and oxygen atoms in total. The van der Waals surface area contributed by atoms with Crippen LogP contribution >= 0.6 is 23.2 Å². The molecule has 1 aromatic heterocycles. The predicted molar refractivity (Wildman–Crippen MR) is 76.7 cm³/mol. The summed E-state index contributed by atoms with van der Waals surface area (Å²) in [6.45, 7) is 0. The van der Waals surface area contributed by atoms with Crippen molar-refractivity contribution in [3.63, 3.8) is 0 Å². The Labute approximate surface area is 122 Å². The number of carbonyl (C=O) groups excluding carboxylic acids is 1. The van der Waals surface area contributed by atoms with E-state index in [1.54, 1.807) is 24.3 Å². The van der Waals surface area contributed by atoms with Gasteiger partial charge >= 0.3 is 5.76 Å². The Bertz CT molecular complexity index is 880. The van der Waals surface area contributed by atoms with Gasteiger partial charge in [0.2, 0.25) is 0 Å². The average molecular weight is 308 g/mol. The Morgan fingerprint density at radius 2 is 1.90 bits per heavy atom. The minimum absolute atomic E-state index is 0.266. The number of oxazole rings is 1. The molecule has 0 spiro atoms. The largest absolute Gasteiger partial charge is 0.417 e. The van der Waals surface area contributed by atoms with Gasteiger partial charge in [-0.25, -0.2) is 4.79 Å². The first-order valence-electron chi connectivity index (χ1n) is 5.67. The lowest BCUT2D eigenvalue weighted by Crippen LogP contribution is -2.01. The summed E-state index contributed by atoms with van der Waals surface area (Å²) in [6.07, 6.45) is 0. The van der Waals surface area contributed by atoms with Crippen LogP contribution in [-0.4, -0.2) is 10.8 Å². The Morgan fingerprint density at radius 3 is 2.65 bits per heavy atom. The van der Waals surface area contributed by atoms with E-state index in [9.17, 15) is 9.59 Å². The van der Waals surface area contributed by atoms with Gasteiger partial charge in [0, 0.05) is 16.1 Å². The molecule has 0 atom stereocenters. The first-order valence-corrected chi connectivity index (χ1v) is 6.43. The average Bonchev–Trinajstić information content (AvgIpc) is 2.77. The van der Waals surface area contributed by atoms with Crippen molar-refractivity contribution in [3.05, 3.63) is 68.1 Å². The maximum atomic E-state index is 12.4. The van der Waals surface area contributed by atoms with Crippen LogP contribution < -0.4 is 5.76 Å². The number of hydrogen-bond donors (Lipinski definition) is 1. The monoisotopic (exact) mass is 307 g/mol. The molecule has 0 unspecified atom stereocenters. The van der Waals surface area contributed by atoms with Crippen LogP contribution in [0.25, 0.3) is 11.1 Å². The summed E-state index contributed by atoms with van der Waals surface area (Å²) in [5, 5.41) is 0.733. The number of nitrogens with one attached hydrogen (secondary N) is 1. The van der Waals surface area contributed by atoms with Gasteiger partial charge in [0.1, 0.15) is 0 Å². The summed E-state index contributed by atoms with van der Waals surface area (Å²) in [4.78, 5) is 26.0. The maximum Gasteiger partial charge on any atom is 0.417 e. The van der Waals surface area contributed by atoms with E-state index in [1.165, 1.54) is 12.1 Å². The normalized spacial score (nSPS) is 10.9. The number of aromatic amines is 1. The molecule has 0 fully saturated rings. The second-order valence-corrected chi connectivity index (χ2v) is 5.02. The summed E-state index contributed by atoms with van der Waals surface area (Å²) in [5.41, 5.74) is 1.58. The van der Waals surface area contributed by atoms with Gasteiger partial charge in [0.25, 0.3) is 0 Å². The lowest BCUT2D eigenvalue weighted by atomic mass is 10.0. The summed E-state index contributed by atoms with van der Waals surface area (Å²) in [6, 6.07) is 9.37. The van der Waals surface area contributed by atoms with Crippen LogP contribution in [0.15, 0.2) is 45.6 Å². The van der Waals surface area contributed by atoms with E-state index < -0.39 is 5.76 Å². The molecule has 1 N–H and O–H groups in total. The van der Waals surface area contributed by atoms with E-state index in [0.29, 0.717) is 27.2 Å². The van der Waals surface area contributed by atoms with Crippen molar-refractivity contribution >= 4 is 40.1 Å². The number of hydrogen-bond acceptors (Lipinski definition) is 3. The zero-order chi connectivity index (χ0) is 14.3. The smallest absolute Gasteiger partial charge is 0.408 e. The Balaban J connectivity index is 2.09. The predicted octanol–water partition coefficient (Wildman–Crippen LogP) is 3.66. The molecule has 6 heteroatoms. The standard InChI is InChI=1S/C14H7Cl2NO3/c15-8-2-3-9(10(16)6-8)13(18)7-1-4-11-12(5-7)20-14(19)17-11/h1-6H,(H,17,19). The van der Waals surface area contributed by atoms with Gasteiger partial charge in [-0.05, 0) is 36.4 Å². The Kier molecular flexibility index (Phi) is 3.12. The zero-order valence-corrected chi connectivity index (χ0v) is 11.5. The van der Waals surface area contributed by atoms with Crippen LogP contribution in [0.4, 0.5) is 0 Å². The second-order valence-electron chi connectivity index (χ2n) is 4.18. The second kappa shape index (κ2) is 4.81. The number of fused-ring (bicyclic) bond motifs is 1. The molecule has 1 heterocycles. The van der Waals surface area contributed by atoms with Crippen molar-refractivity contribution in [2.75, 3.05) is 0 Å². The van der Waals surface area contributed by atoms with Gasteiger partial charge in [-0.15, -0.1) is 0 Å². The molecule has 3 rings (SSSR count). The highest BCUT2D eigenvalue weighted by molar-refractivity contribution is 6.37. The molecular formula is C14H7Cl2NO3. The van der Waals surface area contributed by atoms with Crippen molar-refractivity contribution in [1.82, 2.24) is 4.98 Å². The molecule has 0 aliphatic rings. The number of benzene rings is 2. The molecule has 0 bridgehead atoms. The molecule has 20 heavy (non-hydrogen) atoms. The van der Waals surface area contributed by atoms with Crippen molar-refractivity contribution < 1.29 is 9.21 Å². The fourth-order valence-corrected chi connectivity index (χ4v) is 2.41. The van der Waals surface area contributed by atoms with Crippen molar-refractivity contribution in [3.8, 4) is 0 Å². The van der Waals surface area contributed by atoms with Crippen LogP contribution in [0.5, 0.6) is 0 Å². The van der Waals surface area contributed by atoms with Crippen LogP contribution in [-0.2, 0) is 0 Å². The fraction of sp³-hybridized carbons (Fsp3) is 0. The van der Waals surface area contributed by atoms with Gasteiger partial charge in [-0.1, -0.05) is 23.2 Å². The van der Waals surface area contributed by atoms with Gasteiger partial charge in [-0.3, -0.25) is 9.78 Å². The molecule has 2 aromatic carbocycles. The highest BCUT2D eigenvalue weighted by Crippen LogP contribution is 2.24. The lowest BCUT2D eigenvalue weighted by Gasteiger charge is -2.04. The molecule has 0 aliphatic heterocycles. The van der Waals surface area contributed by atoms with Crippen molar-refractivity contribution in [1.29, 1.82) is 0 Å². The van der Waals surface area contributed by atoms with Crippen molar-refractivity contribution in [2.24, 2.45) is 0 Å². The zero-order valence-electron chi connectivity index (χ0n) is 9.94. The molecule has 0 saturated heterocycles. The highest BCUT2D eigenvalue weighted by atomic mass is 35.5. The molecule has 0 aliphatic carbocycles. The summed E-state index contributed by atoms with van der Waals surface area (Å²) in [7, 11) is 0.